The van der Waals surface area contributed by atoms with Gasteiger partial charge in [-0.2, -0.15) is 0 Å². The van der Waals surface area contributed by atoms with E-state index in [2.05, 4.69) is 20.8 Å². The maximum absolute atomic E-state index is 13.1. The summed E-state index contributed by atoms with van der Waals surface area (Å²) in [5, 5.41) is 0. The van der Waals surface area contributed by atoms with E-state index >= 15 is 0 Å². The zero-order chi connectivity index (χ0) is 46.9. The number of carbonyl (C=O) groups is 6. The normalized spacial score (nSPS) is 19.4. The van der Waals surface area contributed by atoms with Gasteiger partial charge in [-0.1, -0.05) is 41.5 Å². The Balaban J connectivity index is 1.14. The number of hydrogen-bond donors (Lipinski definition) is 0. The molecule has 0 aromatic heterocycles. The van der Waals surface area contributed by atoms with E-state index in [4.69, 9.17) is 42.6 Å². The number of hydrogen-bond acceptors (Lipinski definition) is 15. The van der Waals surface area contributed by atoms with Gasteiger partial charge in [0.2, 0.25) is 0 Å². The molecule has 0 radical (unpaired) electrons. The first-order chi connectivity index (χ1) is 30.4. The third kappa shape index (κ3) is 16.8. The summed E-state index contributed by atoms with van der Waals surface area (Å²) in [6.45, 7) is 15.4. The van der Waals surface area contributed by atoms with Crippen molar-refractivity contribution in [2.45, 2.75) is 106 Å². The highest BCUT2D eigenvalue weighted by molar-refractivity contribution is 5.96. The fraction of sp³-hybridized carbons (Fsp3) is 0.633. The summed E-state index contributed by atoms with van der Waals surface area (Å²) < 4.78 is 47.9. The quantitative estimate of drug-likeness (QED) is 0.0403. The molecular weight excluding hydrogens is 829 g/mol. The van der Waals surface area contributed by atoms with Crippen molar-refractivity contribution < 1.29 is 71.4 Å². The Bertz CT molecular complexity index is 1840. The summed E-state index contributed by atoms with van der Waals surface area (Å²) in [6, 6.07) is 9.70. The van der Waals surface area contributed by atoms with Crippen LogP contribution in [0.4, 0.5) is 4.79 Å². The van der Waals surface area contributed by atoms with Gasteiger partial charge in [0.25, 0.3) is 0 Å². The summed E-state index contributed by atoms with van der Waals surface area (Å²) >= 11 is 0. The maximum atomic E-state index is 13.1. The van der Waals surface area contributed by atoms with E-state index in [9.17, 15) is 28.8 Å². The molecule has 2 aromatic rings. The molecule has 2 fully saturated rings. The standard InChI is InChI=1S/C49H68O15/c1-9-59-42(50)34-14-10-32(11-15-34)33-12-16-35(17-13-33)43(51)62-37-20-18-36(19-21-37)44(52)64-41-23-22-38(30-39(41)45(53)56-8)63-47(55)61-29-27-58-25-24-57-26-28-60-46(54)40(49(5,6)7)31-48(2,3)4/h18-23,30,32-35,40H,9-17,24-29,31H2,1-8H3. The number of esters is 5. The molecule has 354 valence electrons. The molecule has 2 aliphatic carbocycles. The highest BCUT2D eigenvalue weighted by atomic mass is 16.7. The Labute approximate surface area is 377 Å². The van der Waals surface area contributed by atoms with Crippen LogP contribution in [-0.2, 0) is 42.8 Å². The zero-order valence-corrected chi connectivity index (χ0v) is 38.9. The molecule has 2 aliphatic rings. The van der Waals surface area contributed by atoms with Crippen molar-refractivity contribution in [2.75, 3.05) is 53.4 Å². The molecule has 0 saturated heterocycles. The van der Waals surface area contributed by atoms with Gasteiger partial charge in [0.15, 0.2) is 0 Å². The van der Waals surface area contributed by atoms with Crippen molar-refractivity contribution in [1.82, 2.24) is 0 Å². The van der Waals surface area contributed by atoms with E-state index in [0.717, 1.165) is 58.5 Å². The highest BCUT2D eigenvalue weighted by Gasteiger charge is 2.37. The average Bonchev–Trinajstić information content (AvgIpc) is 3.26. The first kappa shape index (κ1) is 51.6. The highest BCUT2D eigenvalue weighted by Crippen LogP contribution is 2.42. The minimum atomic E-state index is -1.05. The molecule has 2 aromatic carbocycles. The van der Waals surface area contributed by atoms with Crippen LogP contribution in [0.2, 0.25) is 0 Å². The van der Waals surface area contributed by atoms with E-state index in [-0.39, 0.29) is 115 Å². The van der Waals surface area contributed by atoms with Crippen LogP contribution < -0.4 is 14.2 Å². The number of rotatable bonds is 20. The van der Waals surface area contributed by atoms with E-state index in [1.807, 2.05) is 27.7 Å². The first-order valence-corrected chi connectivity index (χ1v) is 22.5. The fourth-order valence-corrected chi connectivity index (χ4v) is 8.15. The zero-order valence-electron chi connectivity index (χ0n) is 38.9. The van der Waals surface area contributed by atoms with Crippen LogP contribution in [0.3, 0.4) is 0 Å². The summed E-state index contributed by atoms with van der Waals surface area (Å²) in [4.78, 5) is 75.9. The summed E-state index contributed by atoms with van der Waals surface area (Å²) in [6.07, 6.45) is 6.77. The third-order valence-corrected chi connectivity index (χ3v) is 11.7. The molecule has 4 rings (SSSR count). The smallest absolute Gasteiger partial charge is 0.466 e. The maximum Gasteiger partial charge on any atom is 0.513 e. The van der Waals surface area contributed by atoms with Gasteiger partial charge >= 0.3 is 36.0 Å². The number of carbonyl (C=O) groups excluding carboxylic acids is 6. The van der Waals surface area contributed by atoms with Crippen LogP contribution in [-0.4, -0.2) is 89.4 Å². The van der Waals surface area contributed by atoms with Gasteiger partial charge in [-0.25, -0.2) is 14.4 Å². The van der Waals surface area contributed by atoms with Crippen LogP contribution in [0.25, 0.3) is 0 Å². The van der Waals surface area contributed by atoms with Crippen molar-refractivity contribution >= 4 is 36.0 Å². The summed E-state index contributed by atoms with van der Waals surface area (Å²) in [7, 11) is 1.15. The summed E-state index contributed by atoms with van der Waals surface area (Å²) in [5.74, 6) is -1.52. The van der Waals surface area contributed by atoms with Crippen molar-refractivity contribution in [1.29, 1.82) is 0 Å². The van der Waals surface area contributed by atoms with E-state index in [1.54, 1.807) is 0 Å². The van der Waals surface area contributed by atoms with Crippen LogP contribution in [0.15, 0.2) is 42.5 Å². The van der Waals surface area contributed by atoms with E-state index < -0.39 is 18.1 Å². The number of methoxy groups -OCH3 is 1. The second-order valence-corrected chi connectivity index (χ2v) is 18.7. The SMILES string of the molecule is CCOC(=O)C1CCC(C2CCC(C(=O)Oc3ccc(C(=O)Oc4ccc(OC(=O)OCCOCCOCCOC(=O)C(CC(C)(C)C)C(C)(C)C)cc4C(=O)OC)cc3)CC2)CC1. The summed E-state index contributed by atoms with van der Waals surface area (Å²) in [5.41, 5.74) is -0.283. The lowest BCUT2D eigenvalue weighted by Crippen LogP contribution is -2.34. The predicted molar refractivity (Wildman–Crippen MR) is 234 cm³/mol. The van der Waals surface area contributed by atoms with Crippen molar-refractivity contribution in [3.63, 3.8) is 0 Å². The topological polar surface area (TPSA) is 185 Å². The van der Waals surface area contributed by atoms with Crippen molar-refractivity contribution in [2.24, 2.45) is 40.4 Å². The van der Waals surface area contributed by atoms with Gasteiger partial charge in [-0.05, 0) is 130 Å². The molecule has 0 spiro atoms. The average molecular weight is 897 g/mol. The molecule has 64 heavy (non-hydrogen) atoms. The Hall–Kier alpha value is -5.02. The number of ether oxygens (including phenoxy) is 9. The molecule has 0 N–H and O–H groups in total. The van der Waals surface area contributed by atoms with Gasteiger partial charge in [0.05, 0.1) is 63.5 Å². The minimum absolute atomic E-state index is 0.00132. The van der Waals surface area contributed by atoms with Gasteiger partial charge < -0.3 is 42.6 Å². The van der Waals surface area contributed by atoms with Crippen LogP contribution >= 0.6 is 0 Å². The van der Waals surface area contributed by atoms with E-state index in [1.165, 1.54) is 42.5 Å². The second-order valence-electron chi connectivity index (χ2n) is 18.7. The van der Waals surface area contributed by atoms with Crippen molar-refractivity contribution in [3.8, 4) is 17.2 Å². The predicted octanol–water partition coefficient (Wildman–Crippen LogP) is 8.96. The monoisotopic (exact) mass is 896 g/mol. The lowest BCUT2D eigenvalue weighted by atomic mass is 9.69. The molecule has 1 unspecified atom stereocenters. The molecule has 0 aliphatic heterocycles. The molecule has 2 saturated carbocycles. The van der Waals surface area contributed by atoms with Gasteiger partial charge in [-0.3, -0.25) is 14.4 Å². The Morgan fingerprint density at radius 2 is 1.12 bits per heavy atom. The van der Waals surface area contributed by atoms with Crippen molar-refractivity contribution in [3.05, 3.63) is 53.6 Å². The van der Waals surface area contributed by atoms with Gasteiger partial charge in [0, 0.05) is 0 Å². The third-order valence-electron chi connectivity index (χ3n) is 11.7. The molecule has 1 atom stereocenters. The number of benzene rings is 2. The van der Waals surface area contributed by atoms with Crippen LogP contribution in [0, 0.1) is 40.4 Å². The molecule has 15 heteroatoms. The lowest BCUT2D eigenvalue weighted by molar-refractivity contribution is -0.155. The second kappa shape index (κ2) is 24.9. The first-order valence-electron chi connectivity index (χ1n) is 22.5. The molecule has 0 heterocycles. The van der Waals surface area contributed by atoms with E-state index in [0.29, 0.717) is 24.9 Å². The van der Waals surface area contributed by atoms with Gasteiger partial charge in [-0.15, -0.1) is 0 Å². The molecule has 15 nitrogen and oxygen atoms in total. The van der Waals surface area contributed by atoms with Crippen LogP contribution in [0.5, 0.6) is 17.2 Å². The fourth-order valence-electron chi connectivity index (χ4n) is 8.15. The molecular formula is C49H68O15. The Kier molecular flexibility index (Phi) is 20.1. The Morgan fingerprint density at radius 1 is 0.594 bits per heavy atom. The lowest BCUT2D eigenvalue weighted by Gasteiger charge is -2.36. The molecule has 0 amide bonds. The van der Waals surface area contributed by atoms with Crippen LogP contribution in [0.1, 0.15) is 127 Å². The Morgan fingerprint density at radius 3 is 1.66 bits per heavy atom. The molecule has 0 bridgehead atoms. The largest absolute Gasteiger partial charge is 0.513 e. The minimum Gasteiger partial charge on any atom is -0.466 e. The van der Waals surface area contributed by atoms with Gasteiger partial charge in [0.1, 0.15) is 36.0 Å².